The molecule has 0 aliphatic carbocycles. The highest BCUT2D eigenvalue weighted by Gasteiger charge is 2.19. The van der Waals surface area contributed by atoms with E-state index in [1.54, 1.807) is 0 Å². The molecule has 0 spiro atoms. The molecule has 4 heteroatoms. The summed E-state index contributed by atoms with van der Waals surface area (Å²) in [5, 5.41) is 0. The largest absolute Gasteiger partial charge is 0.327 e. The Balaban J connectivity index is 4.18. The molecule has 13 heavy (non-hydrogen) atoms. The molecule has 0 radical (unpaired) electrons. The van der Waals surface area contributed by atoms with Gasteiger partial charge in [0.05, 0.1) is 11.5 Å². The number of sulfone groups is 1. The Morgan fingerprint density at radius 1 is 1.08 bits per heavy atom. The summed E-state index contributed by atoms with van der Waals surface area (Å²) >= 11 is 0. The average molecular weight is 207 g/mol. The van der Waals surface area contributed by atoms with Gasteiger partial charge in [0.15, 0.2) is 9.84 Å². The van der Waals surface area contributed by atoms with Gasteiger partial charge in [-0.05, 0) is 11.8 Å². The maximum Gasteiger partial charge on any atom is 0.152 e. The van der Waals surface area contributed by atoms with Gasteiger partial charge in [-0.1, -0.05) is 27.7 Å². The highest BCUT2D eigenvalue weighted by Crippen LogP contribution is 2.06. The SMILES string of the molecule is CC(C)CS(=O)(=O)CC(N)C(C)C. The third-order valence-corrected chi connectivity index (χ3v) is 3.96. The van der Waals surface area contributed by atoms with Crippen LogP contribution in [0.4, 0.5) is 0 Å². The highest BCUT2D eigenvalue weighted by atomic mass is 32.2. The molecule has 0 rings (SSSR count). The molecule has 0 bridgehead atoms. The fraction of sp³-hybridized carbons (Fsp3) is 1.00. The van der Waals surface area contributed by atoms with Gasteiger partial charge in [0.1, 0.15) is 0 Å². The van der Waals surface area contributed by atoms with Crippen LogP contribution in [0.3, 0.4) is 0 Å². The summed E-state index contributed by atoms with van der Waals surface area (Å²) in [6.07, 6.45) is 0. The van der Waals surface area contributed by atoms with Crippen LogP contribution in [-0.4, -0.2) is 26.0 Å². The second-order valence-electron chi connectivity index (χ2n) is 4.38. The maximum atomic E-state index is 11.5. The molecule has 3 nitrogen and oxygen atoms in total. The van der Waals surface area contributed by atoms with Gasteiger partial charge < -0.3 is 5.73 Å². The molecule has 80 valence electrons. The molecule has 0 aliphatic rings. The Hall–Kier alpha value is -0.0900. The summed E-state index contributed by atoms with van der Waals surface area (Å²) < 4.78 is 23.0. The summed E-state index contributed by atoms with van der Waals surface area (Å²) in [5.41, 5.74) is 5.70. The molecule has 0 aromatic carbocycles. The van der Waals surface area contributed by atoms with Crippen LogP contribution in [0, 0.1) is 11.8 Å². The van der Waals surface area contributed by atoms with Crippen molar-refractivity contribution in [2.24, 2.45) is 17.6 Å². The summed E-state index contributed by atoms with van der Waals surface area (Å²) in [5.74, 6) is 0.766. The van der Waals surface area contributed by atoms with Crippen molar-refractivity contribution in [1.82, 2.24) is 0 Å². The standard InChI is InChI=1S/C9H21NO2S/c1-7(2)5-13(11,12)6-9(10)8(3)4/h7-9H,5-6,10H2,1-4H3. The Bertz CT molecular complexity index is 232. The van der Waals surface area contributed by atoms with E-state index in [-0.39, 0.29) is 29.4 Å². The molecule has 1 atom stereocenters. The van der Waals surface area contributed by atoms with Gasteiger partial charge >= 0.3 is 0 Å². The van der Waals surface area contributed by atoms with Crippen LogP contribution < -0.4 is 5.73 Å². The van der Waals surface area contributed by atoms with Crippen molar-refractivity contribution in [2.45, 2.75) is 33.7 Å². The predicted octanol–water partition coefficient (Wildman–Crippen LogP) is 1.04. The Labute approximate surface area is 81.6 Å². The van der Waals surface area contributed by atoms with Gasteiger partial charge in [0, 0.05) is 6.04 Å². The van der Waals surface area contributed by atoms with Gasteiger partial charge in [0.2, 0.25) is 0 Å². The first-order valence-electron chi connectivity index (χ1n) is 4.70. The van der Waals surface area contributed by atoms with E-state index in [2.05, 4.69) is 0 Å². The zero-order chi connectivity index (χ0) is 10.6. The third-order valence-electron chi connectivity index (χ3n) is 1.89. The van der Waals surface area contributed by atoms with E-state index in [9.17, 15) is 8.42 Å². The van der Waals surface area contributed by atoms with Gasteiger partial charge in [0.25, 0.3) is 0 Å². The molecule has 0 heterocycles. The molecule has 2 N–H and O–H groups in total. The predicted molar refractivity (Wildman–Crippen MR) is 56.3 cm³/mol. The van der Waals surface area contributed by atoms with Crippen molar-refractivity contribution in [2.75, 3.05) is 11.5 Å². The lowest BCUT2D eigenvalue weighted by molar-refractivity contribution is 0.513. The number of hydrogen-bond acceptors (Lipinski definition) is 3. The first kappa shape index (κ1) is 12.9. The normalized spacial score (nSPS) is 15.3. The van der Waals surface area contributed by atoms with E-state index in [1.807, 2.05) is 27.7 Å². The summed E-state index contributed by atoms with van der Waals surface area (Å²) in [6.45, 7) is 7.68. The van der Waals surface area contributed by atoms with Gasteiger partial charge in [-0.2, -0.15) is 0 Å². The van der Waals surface area contributed by atoms with Crippen molar-refractivity contribution in [3.05, 3.63) is 0 Å². The van der Waals surface area contributed by atoms with Gasteiger partial charge in [-0.15, -0.1) is 0 Å². The molecule has 0 saturated heterocycles. The Morgan fingerprint density at radius 2 is 1.54 bits per heavy atom. The van der Waals surface area contributed by atoms with E-state index in [0.29, 0.717) is 0 Å². The lowest BCUT2D eigenvalue weighted by Crippen LogP contribution is -2.35. The van der Waals surface area contributed by atoms with Crippen molar-refractivity contribution < 1.29 is 8.42 Å². The van der Waals surface area contributed by atoms with Gasteiger partial charge in [-0.3, -0.25) is 0 Å². The van der Waals surface area contributed by atoms with Crippen LogP contribution in [0.15, 0.2) is 0 Å². The van der Waals surface area contributed by atoms with Gasteiger partial charge in [-0.25, -0.2) is 8.42 Å². The molecule has 0 fully saturated rings. The van der Waals surface area contributed by atoms with Crippen LogP contribution in [0.25, 0.3) is 0 Å². The molecule has 0 saturated carbocycles. The van der Waals surface area contributed by atoms with Crippen LogP contribution in [0.2, 0.25) is 0 Å². The lowest BCUT2D eigenvalue weighted by atomic mass is 10.1. The quantitative estimate of drug-likeness (QED) is 0.733. The molecule has 1 unspecified atom stereocenters. The average Bonchev–Trinajstić information content (AvgIpc) is 1.81. The van der Waals surface area contributed by atoms with Crippen LogP contribution in [0.5, 0.6) is 0 Å². The zero-order valence-electron chi connectivity index (χ0n) is 8.95. The fourth-order valence-electron chi connectivity index (χ4n) is 1.06. The first-order chi connectivity index (χ1) is 5.74. The molecular weight excluding hydrogens is 186 g/mol. The van der Waals surface area contributed by atoms with E-state index in [1.165, 1.54) is 0 Å². The van der Waals surface area contributed by atoms with Crippen molar-refractivity contribution in [1.29, 1.82) is 0 Å². The minimum Gasteiger partial charge on any atom is -0.327 e. The van der Waals surface area contributed by atoms with Crippen molar-refractivity contribution in [3.8, 4) is 0 Å². The van der Waals surface area contributed by atoms with Crippen LogP contribution >= 0.6 is 0 Å². The zero-order valence-corrected chi connectivity index (χ0v) is 9.76. The molecule has 0 amide bonds. The molecule has 0 aromatic rings. The van der Waals surface area contributed by atoms with Crippen molar-refractivity contribution >= 4 is 9.84 Å². The first-order valence-corrected chi connectivity index (χ1v) is 6.52. The monoisotopic (exact) mass is 207 g/mol. The lowest BCUT2D eigenvalue weighted by Gasteiger charge is -2.16. The van der Waals surface area contributed by atoms with E-state index >= 15 is 0 Å². The molecular formula is C9H21NO2S. The number of nitrogens with two attached hydrogens (primary N) is 1. The fourth-order valence-corrected chi connectivity index (χ4v) is 3.18. The maximum absolute atomic E-state index is 11.5. The number of hydrogen-bond donors (Lipinski definition) is 1. The Kier molecular flexibility index (Phi) is 4.92. The minimum absolute atomic E-state index is 0.114. The third kappa shape index (κ3) is 6.05. The molecule has 0 aromatic heterocycles. The topological polar surface area (TPSA) is 60.2 Å². The smallest absolute Gasteiger partial charge is 0.152 e. The van der Waals surface area contributed by atoms with Crippen LogP contribution in [-0.2, 0) is 9.84 Å². The summed E-state index contributed by atoms with van der Waals surface area (Å²) in [6, 6.07) is -0.233. The second kappa shape index (κ2) is 4.96. The molecule has 0 aliphatic heterocycles. The van der Waals surface area contributed by atoms with E-state index in [0.717, 1.165) is 0 Å². The van der Waals surface area contributed by atoms with E-state index < -0.39 is 9.84 Å². The summed E-state index contributed by atoms with van der Waals surface area (Å²) in [7, 11) is -2.95. The summed E-state index contributed by atoms with van der Waals surface area (Å²) in [4.78, 5) is 0. The number of rotatable bonds is 5. The highest BCUT2D eigenvalue weighted by molar-refractivity contribution is 7.91. The second-order valence-corrected chi connectivity index (χ2v) is 6.53. The van der Waals surface area contributed by atoms with E-state index in [4.69, 9.17) is 5.73 Å². The van der Waals surface area contributed by atoms with Crippen molar-refractivity contribution in [3.63, 3.8) is 0 Å². The minimum atomic E-state index is -2.95. The van der Waals surface area contributed by atoms with Crippen LogP contribution in [0.1, 0.15) is 27.7 Å². The Morgan fingerprint density at radius 3 is 1.85 bits per heavy atom.